The van der Waals surface area contributed by atoms with Gasteiger partial charge in [-0.25, -0.2) is 4.39 Å². The van der Waals surface area contributed by atoms with E-state index in [1.807, 2.05) is 11.8 Å². The van der Waals surface area contributed by atoms with Gasteiger partial charge < -0.3 is 11.1 Å². The fourth-order valence-electron chi connectivity index (χ4n) is 1.49. The van der Waals surface area contributed by atoms with Crippen molar-refractivity contribution in [1.82, 2.24) is 0 Å². The van der Waals surface area contributed by atoms with Gasteiger partial charge in [0.2, 0.25) is 0 Å². The number of hydrogen-bond donors (Lipinski definition) is 2. The Labute approximate surface area is 115 Å². The van der Waals surface area contributed by atoms with Crippen molar-refractivity contribution in [2.24, 2.45) is 0 Å². The van der Waals surface area contributed by atoms with Gasteiger partial charge in [0.05, 0.1) is 15.8 Å². The van der Waals surface area contributed by atoms with Crippen LogP contribution in [0.25, 0.3) is 0 Å². The Morgan fingerprint density at radius 2 is 2.12 bits per heavy atom. The molecule has 0 amide bonds. The third kappa shape index (κ3) is 5.17. The first-order valence-electron chi connectivity index (χ1n) is 5.62. The maximum absolute atomic E-state index is 13.1. The summed E-state index contributed by atoms with van der Waals surface area (Å²) in [4.78, 5) is 0. The van der Waals surface area contributed by atoms with E-state index in [0.29, 0.717) is 10.2 Å². The Hall–Kier alpha value is -0.420. The first-order chi connectivity index (χ1) is 8.15. The summed E-state index contributed by atoms with van der Waals surface area (Å²) < 4.78 is 13.6. The lowest BCUT2D eigenvalue weighted by atomic mass is 10.2. The van der Waals surface area contributed by atoms with E-state index >= 15 is 0 Å². The first kappa shape index (κ1) is 14.6. The van der Waals surface area contributed by atoms with Gasteiger partial charge in [-0.05, 0) is 46.8 Å². The molecule has 5 heteroatoms. The van der Waals surface area contributed by atoms with Gasteiger partial charge in [0.15, 0.2) is 0 Å². The molecule has 0 unspecified atom stereocenters. The number of rotatable bonds is 7. The predicted octanol–water partition coefficient (Wildman–Crippen LogP) is 4.12. The number of nitrogen functional groups attached to an aromatic ring is 1. The lowest BCUT2D eigenvalue weighted by molar-refractivity contribution is 0.622. The van der Waals surface area contributed by atoms with Crippen LogP contribution in [0.1, 0.15) is 19.3 Å². The van der Waals surface area contributed by atoms with Crippen LogP contribution in [-0.2, 0) is 0 Å². The van der Waals surface area contributed by atoms with Gasteiger partial charge >= 0.3 is 0 Å². The Morgan fingerprint density at radius 3 is 2.82 bits per heavy atom. The molecule has 1 rings (SSSR count). The van der Waals surface area contributed by atoms with E-state index in [1.165, 1.54) is 24.7 Å². The molecule has 2 nitrogen and oxygen atoms in total. The quantitative estimate of drug-likeness (QED) is 0.586. The highest BCUT2D eigenvalue weighted by Gasteiger charge is 2.05. The van der Waals surface area contributed by atoms with Crippen molar-refractivity contribution in [3.8, 4) is 0 Å². The minimum atomic E-state index is -0.326. The van der Waals surface area contributed by atoms with Crippen LogP contribution in [-0.4, -0.2) is 18.6 Å². The van der Waals surface area contributed by atoms with Crippen molar-refractivity contribution < 1.29 is 4.39 Å². The fraction of sp³-hybridized carbons (Fsp3) is 0.500. The van der Waals surface area contributed by atoms with Crippen LogP contribution in [0.2, 0.25) is 0 Å². The van der Waals surface area contributed by atoms with Crippen molar-refractivity contribution in [3.05, 3.63) is 22.4 Å². The normalized spacial score (nSPS) is 10.5. The molecule has 0 saturated carbocycles. The lowest BCUT2D eigenvalue weighted by Crippen LogP contribution is -2.05. The van der Waals surface area contributed by atoms with E-state index < -0.39 is 0 Å². The molecule has 0 heterocycles. The monoisotopic (exact) mass is 320 g/mol. The van der Waals surface area contributed by atoms with E-state index in [4.69, 9.17) is 5.73 Å². The second-order valence-electron chi connectivity index (χ2n) is 3.83. The minimum absolute atomic E-state index is 0.326. The molecule has 3 N–H and O–H groups in total. The summed E-state index contributed by atoms with van der Waals surface area (Å²) >= 11 is 5.02. The Kier molecular flexibility index (Phi) is 6.73. The van der Waals surface area contributed by atoms with Gasteiger partial charge in [0.1, 0.15) is 5.82 Å². The summed E-state index contributed by atoms with van der Waals surface area (Å²) in [5.41, 5.74) is 6.97. The average Bonchev–Trinajstić information content (AvgIpc) is 2.30. The fourth-order valence-corrected chi connectivity index (χ4v) is 2.32. The predicted molar refractivity (Wildman–Crippen MR) is 79.2 cm³/mol. The maximum atomic E-state index is 13.1. The van der Waals surface area contributed by atoms with Gasteiger partial charge in [0, 0.05) is 12.6 Å². The third-order valence-corrected chi connectivity index (χ3v) is 3.74. The van der Waals surface area contributed by atoms with Crippen LogP contribution >= 0.6 is 27.7 Å². The minimum Gasteiger partial charge on any atom is -0.397 e. The highest BCUT2D eigenvalue weighted by molar-refractivity contribution is 9.10. The molecule has 0 bridgehead atoms. The molecule has 0 spiro atoms. The van der Waals surface area contributed by atoms with Crippen molar-refractivity contribution >= 4 is 39.1 Å². The van der Waals surface area contributed by atoms with Crippen molar-refractivity contribution in [1.29, 1.82) is 0 Å². The molecular formula is C12H18BrFN2S. The van der Waals surface area contributed by atoms with E-state index in [2.05, 4.69) is 27.5 Å². The van der Waals surface area contributed by atoms with Crippen LogP contribution in [0.15, 0.2) is 16.6 Å². The summed E-state index contributed by atoms with van der Waals surface area (Å²) in [6.07, 6.45) is 5.67. The highest BCUT2D eigenvalue weighted by atomic mass is 79.9. The summed E-state index contributed by atoms with van der Waals surface area (Å²) in [5, 5.41) is 3.23. The summed E-state index contributed by atoms with van der Waals surface area (Å²) in [5.74, 6) is 0.887. The second-order valence-corrected chi connectivity index (χ2v) is 5.67. The SMILES string of the molecule is CSCCCCCNc1cc(Br)c(F)cc1N. The molecule has 0 fully saturated rings. The molecule has 17 heavy (non-hydrogen) atoms. The summed E-state index contributed by atoms with van der Waals surface area (Å²) in [7, 11) is 0. The molecule has 1 aromatic rings. The number of halogens is 2. The van der Waals surface area contributed by atoms with Gasteiger partial charge in [0.25, 0.3) is 0 Å². The molecule has 0 atom stereocenters. The smallest absolute Gasteiger partial charge is 0.139 e. The zero-order valence-electron chi connectivity index (χ0n) is 9.93. The van der Waals surface area contributed by atoms with E-state index in [9.17, 15) is 4.39 Å². The van der Waals surface area contributed by atoms with Crippen LogP contribution in [0, 0.1) is 5.82 Å². The zero-order chi connectivity index (χ0) is 12.7. The van der Waals surface area contributed by atoms with Crippen molar-refractivity contribution in [2.75, 3.05) is 29.6 Å². The Morgan fingerprint density at radius 1 is 1.35 bits per heavy atom. The van der Waals surface area contributed by atoms with Crippen LogP contribution in [0.4, 0.5) is 15.8 Å². The summed E-state index contributed by atoms with van der Waals surface area (Å²) in [6, 6.07) is 3.02. The molecule has 96 valence electrons. The molecule has 0 aromatic heterocycles. The number of hydrogen-bond acceptors (Lipinski definition) is 3. The van der Waals surface area contributed by atoms with Crippen molar-refractivity contribution in [2.45, 2.75) is 19.3 Å². The molecule has 0 aliphatic carbocycles. The van der Waals surface area contributed by atoms with E-state index in [1.54, 1.807) is 6.07 Å². The zero-order valence-corrected chi connectivity index (χ0v) is 12.3. The van der Waals surface area contributed by atoms with Crippen LogP contribution < -0.4 is 11.1 Å². The number of thioether (sulfide) groups is 1. The van der Waals surface area contributed by atoms with E-state index in [-0.39, 0.29) is 5.82 Å². The number of anilines is 2. The van der Waals surface area contributed by atoms with Crippen LogP contribution in [0.3, 0.4) is 0 Å². The largest absolute Gasteiger partial charge is 0.397 e. The molecule has 1 aromatic carbocycles. The topological polar surface area (TPSA) is 38.0 Å². The van der Waals surface area contributed by atoms with Gasteiger partial charge in [-0.15, -0.1) is 0 Å². The second kappa shape index (κ2) is 7.82. The Balaban J connectivity index is 2.34. The third-order valence-electron chi connectivity index (χ3n) is 2.43. The molecular weight excluding hydrogens is 303 g/mol. The number of unbranched alkanes of at least 4 members (excludes halogenated alkanes) is 2. The molecule has 0 aliphatic rings. The van der Waals surface area contributed by atoms with Gasteiger partial charge in [-0.1, -0.05) is 6.42 Å². The molecule has 0 saturated heterocycles. The van der Waals surface area contributed by atoms with Gasteiger partial charge in [-0.3, -0.25) is 0 Å². The van der Waals surface area contributed by atoms with Crippen LogP contribution in [0.5, 0.6) is 0 Å². The Bertz CT molecular complexity index is 361. The first-order valence-corrected chi connectivity index (χ1v) is 7.81. The van der Waals surface area contributed by atoms with Gasteiger partial charge in [-0.2, -0.15) is 11.8 Å². The lowest BCUT2D eigenvalue weighted by Gasteiger charge is -2.10. The van der Waals surface area contributed by atoms with Crippen molar-refractivity contribution in [3.63, 3.8) is 0 Å². The molecule has 0 radical (unpaired) electrons. The number of nitrogens with one attached hydrogen (secondary N) is 1. The highest BCUT2D eigenvalue weighted by Crippen LogP contribution is 2.26. The number of benzene rings is 1. The average molecular weight is 321 g/mol. The summed E-state index contributed by atoms with van der Waals surface area (Å²) in [6.45, 7) is 0.872. The maximum Gasteiger partial charge on any atom is 0.139 e. The van der Waals surface area contributed by atoms with E-state index in [0.717, 1.165) is 18.7 Å². The number of nitrogens with two attached hydrogens (primary N) is 1. The standard InChI is InChI=1S/C12H18BrFN2S/c1-17-6-4-2-3-5-16-12-7-9(13)10(14)8-11(12)15/h7-8,16H,2-6,15H2,1H3. The molecule has 0 aliphatic heterocycles.